The van der Waals surface area contributed by atoms with Gasteiger partial charge in [-0.3, -0.25) is 4.79 Å². The van der Waals surface area contributed by atoms with Crippen molar-refractivity contribution in [1.29, 1.82) is 0 Å². The summed E-state index contributed by atoms with van der Waals surface area (Å²) in [6.07, 6.45) is -4.42. The lowest BCUT2D eigenvalue weighted by atomic mass is 9.83. The van der Waals surface area contributed by atoms with Crippen LogP contribution in [0.4, 0.5) is 13.2 Å². The first-order chi connectivity index (χ1) is 17.1. The van der Waals surface area contributed by atoms with E-state index in [1.54, 1.807) is 18.2 Å². The quantitative estimate of drug-likeness (QED) is 0.441. The van der Waals surface area contributed by atoms with Crippen LogP contribution in [0.3, 0.4) is 0 Å². The molecule has 1 amide bonds. The highest BCUT2D eigenvalue weighted by atomic mass is 79.9. The molecule has 1 unspecified atom stereocenters. The second kappa shape index (κ2) is 8.84. The lowest BCUT2D eigenvalue weighted by Gasteiger charge is -2.47. The Hall–Kier alpha value is -1.86. The van der Waals surface area contributed by atoms with E-state index >= 15 is 0 Å². The number of carbonyl (C=O) groups is 1. The third-order valence-electron chi connectivity index (χ3n) is 6.70. The predicted molar refractivity (Wildman–Crippen MR) is 133 cm³/mol. The molecule has 3 aliphatic rings. The van der Waals surface area contributed by atoms with E-state index in [4.69, 9.17) is 32.8 Å². The summed E-state index contributed by atoms with van der Waals surface area (Å²) >= 11 is 15.3. The molecule has 2 aromatic carbocycles. The van der Waals surface area contributed by atoms with Gasteiger partial charge in [-0.05, 0) is 50.8 Å². The van der Waals surface area contributed by atoms with Crippen LogP contribution >= 0.6 is 39.1 Å². The Labute approximate surface area is 228 Å². The highest BCUT2D eigenvalue weighted by Crippen LogP contribution is 2.51. The molecule has 1 spiro atoms. The number of carbonyl (C=O) groups excluding carboxylic acids is 1. The van der Waals surface area contributed by atoms with Gasteiger partial charge in [0.2, 0.25) is 5.91 Å². The van der Waals surface area contributed by atoms with Crippen LogP contribution in [0, 0.1) is 0 Å². The van der Waals surface area contributed by atoms with Gasteiger partial charge in [0.15, 0.2) is 9.84 Å². The lowest BCUT2D eigenvalue weighted by molar-refractivity contribution is -0.275. The molecule has 0 N–H and O–H groups in total. The number of hydrogen-bond donors (Lipinski definition) is 0. The van der Waals surface area contributed by atoms with Gasteiger partial charge in [0.05, 0.1) is 39.9 Å². The number of rotatable bonds is 4. The summed E-state index contributed by atoms with van der Waals surface area (Å²) < 4.78 is 72.1. The second-order valence-electron chi connectivity index (χ2n) is 9.36. The smallest absolute Gasteiger partial charge is 0.374 e. The second-order valence-corrected chi connectivity index (χ2v) is 13.1. The molecule has 3 heterocycles. The Morgan fingerprint density at radius 1 is 1.19 bits per heavy atom. The topological polar surface area (TPSA) is 85.3 Å². The normalized spacial score (nSPS) is 22.5. The molecule has 1 atom stereocenters. The van der Waals surface area contributed by atoms with Crippen LogP contribution in [-0.4, -0.2) is 56.2 Å². The first-order valence-corrected chi connectivity index (χ1v) is 14.5. The fraction of sp³-hybridized carbons (Fsp3) is 0.391. The van der Waals surface area contributed by atoms with E-state index in [-0.39, 0.29) is 45.5 Å². The molecule has 0 bridgehead atoms. The number of alkyl halides is 3. The summed E-state index contributed by atoms with van der Waals surface area (Å²) in [7, 11) is -3.46. The largest absolute Gasteiger partial charge is 0.435 e. The van der Waals surface area contributed by atoms with Crippen molar-refractivity contribution in [2.45, 2.75) is 30.4 Å². The lowest BCUT2D eigenvalue weighted by Crippen LogP contribution is -2.62. The van der Waals surface area contributed by atoms with E-state index < -0.39 is 45.3 Å². The van der Waals surface area contributed by atoms with Gasteiger partial charge in [0.25, 0.3) is 5.60 Å². The number of benzene rings is 2. The Morgan fingerprint density at radius 2 is 1.84 bits per heavy atom. The highest BCUT2D eigenvalue weighted by molar-refractivity contribution is 9.10. The molecule has 5 rings (SSSR count). The van der Waals surface area contributed by atoms with Crippen molar-refractivity contribution >= 4 is 60.6 Å². The van der Waals surface area contributed by atoms with Crippen LogP contribution in [0.25, 0.3) is 0 Å². The van der Waals surface area contributed by atoms with Crippen LogP contribution < -0.4 is 0 Å². The van der Waals surface area contributed by atoms with Crippen molar-refractivity contribution in [3.05, 3.63) is 67.1 Å². The molecule has 1 fully saturated rings. The molecule has 0 radical (unpaired) electrons. The Kier molecular flexibility index (Phi) is 6.38. The van der Waals surface area contributed by atoms with E-state index in [1.807, 2.05) is 0 Å². The van der Waals surface area contributed by atoms with Gasteiger partial charge < -0.3 is 14.5 Å². The standard InChI is InChI=1S/C23H18BrCl2F3N2O5S/c1-37(33,34)9-19(32)31-10-21(11-31)15-3-2-12(4-13(15)8-35-21)18-7-22(36-30-18,23(27,28)29)14-5-16(25)20(24)17(26)6-14/h2-6H,7-11H2,1H3. The molecule has 0 saturated carbocycles. The van der Waals surface area contributed by atoms with Gasteiger partial charge in [-0.25, -0.2) is 8.42 Å². The number of hydrogen-bond acceptors (Lipinski definition) is 6. The number of oxime groups is 1. The zero-order valence-corrected chi connectivity index (χ0v) is 22.9. The minimum Gasteiger partial charge on any atom is -0.374 e. The summed E-state index contributed by atoms with van der Waals surface area (Å²) in [5.74, 6) is -1.08. The van der Waals surface area contributed by atoms with Crippen LogP contribution in [-0.2, 0) is 42.0 Å². The van der Waals surface area contributed by atoms with Gasteiger partial charge in [-0.2, -0.15) is 13.2 Å². The molecule has 198 valence electrons. The molecule has 2 aromatic rings. The minimum absolute atomic E-state index is 0.00714. The summed E-state index contributed by atoms with van der Waals surface area (Å²) in [6.45, 7) is 0.577. The minimum atomic E-state index is -4.82. The molecular weight excluding hydrogens is 624 g/mol. The van der Waals surface area contributed by atoms with E-state index in [9.17, 15) is 26.4 Å². The number of ether oxygens (including phenoxy) is 1. The van der Waals surface area contributed by atoms with E-state index in [1.165, 1.54) is 4.90 Å². The van der Waals surface area contributed by atoms with Crippen molar-refractivity contribution in [3.8, 4) is 0 Å². The fourth-order valence-electron chi connectivity index (χ4n) is 4.80. The fourth-order valence-corrected chi connectivity index (χ4v) is 6.15. The maximum atomic E-state index is 14.3. The molecule has 7 nitrogen and oxygen atoms in total. The average molecular weight is 642 g/mol. The van der Waals surface area contributed by atoms with Gasteiger partial charge in [-0.1, -0.05) is 40.5 Å². The van der Waals surface area contributed by atoms with Crippen molar-refractivity contribution in [2.24, 2.45) is 5.16 Å². The average Bonchev–Trinajstić information content (AvgIpc) is 3.37. The number of likely N-dealkylation sites (tertiary alicyclic amines) is 1. The van der Waals surface area contributed by atoms with Gasteiger partial charge in [0.1, 0.15) is 11.4 Å². The van der Waals surface area contributed by atoms with Crippen LogP contribution in [0.2, 0.25) is 10.0 Å². The Morgan fingerprint density at radius 3 is 2.43 bits per heavy atom. The highest BCUT2D eigenvalue weighted by Gasteiger charge is 2.62. The number of sulfone groups is 1. The number of amides is 1. The number of fused-ring (bicyclic) bond motifs is 2. The zero-order chi connectivity index (χ0) is 27.0. The van der Waals surface area contributed by atoms with E-state index in [0.717, 1.165) is 29.5 Å². The molecule has 1 saturated heterocycles. The molecular formula is C23H18BrCl2F3N2O5S. The molecule has 0 aliphatic carbocycles. The third-order valence-corrected chi connectivity index (χ3v) is 9.38. The summed E-state index contributed by atoms with van der Waals surface area (Å²) in [4.78, 5) is 18.7. The molecule has 14 heteroatoms. The summed E-state index contributed by atoms with van der Waals surface area (Å²) in [6, 6.07) is 7.36. The SMILES string of the molecule is CS(=O)(=O)CC(=O)N1CC2(C1)OCc1cc(C3=NOC(c4cc(Cl)c(Br)c(Cl)c4)(C(F)(F)F)C3)ccc12. The first-order valence-electron chi connectivity index (χ1n) is 10.8. The van der Waals surface area contributed by atoms with Crippen molar-refractivity contribution in [3.63, 3.8) is 0 Å². The molecule has 37 heavy (non-hydrogen) atoms. The third kappa shape index (κ3) is 4.54. The van der Waals surface area contributed by atoms with Crippen molar-refractivity contribution in [1.82, 2.24) is 4.90 Å². The van der Waals surface area contributed by atoms with Gasteiger partial charge in [-0.15, -0.1) is 0 Å². The first kappa shape index (κ1) is 26.7. The number of halogens is 6. The Bertz CT molecular complexity index is 1440. The van der Waals surface area contributed by atoms with Crippen LogP contribution in [0.1, 0.15) is 28.7 Å². The van der Waals surface area contributed by atoms with Gasteiger partial charge >= 0.3 is 6.18 Å². The van der Waals surface area contributed by atoms with E-state index in [0.29, 0.717) is 5.56 Å². The summed E-state index contributed by atoms with van der Waals surface area (Å²) in [5.41, 5.74) is -1.73. The van der Waals surface area contributed by atoms with E-state index in [2.05, 4.69) is 21.1 Å². The van der Waals surface area contributed by atoms with Crippen molar-refractivity contribution in [2.75, 3.05) is 25.1 Å². The maximum Gasteiger partial charge on any atom is 0.435 e. The number of nitrogens with zero attached hydrogens (tertiary/aromatic N) is 2. The molecule has 0 aromatic heterocycles. The van der Waals surface area contributed by atoms with Crippen LogP contribution in [0.5, 0.6) is 0 Å². The van der Waals surface area contributed by atoms with Gasteiger partial charge in [0, 0.05) is 18.2 Å². The maximum absolute atomic E-state index is 14.3. The zero-order valence-electron chi connectivity index (χ0n) is 19.0. The van der Waals surface area contributed by atoms with Crippen LogP contribution in [0.15, 0.2) is 40.0 Å². The summed E-state index contributed by atoms with van der Waals surface area (Å²) in [5, 5.41) is 3.81. The Balaban J connectivity index is 1.38. The van der Waals surface area contributed by atoms with Crippen molar-refractivity contribution < 1.29 is 36.0 Å². The monoisotopic (exact) mass is 640 g/mol. The predicted octanol–water partition coefficient (Wildman–Crippen LogP) is 4.95. The molecule has 3 aliphatic heterocycles.